The highest BCUT2D eigenvalue weighted by Gasteiger charge is 2.18. The molecule has 3 rings (SSSR count). The van der Waals surface area contributed by atoms with E-state index in [1.54, 1.807) is 40.9 Å². The van der Waals surface area contributed by atoms with Crippen LogP contribution in [0.4, 0.5) is 0 Å². The van der Waals surface area contributed by atoms with E-state index in [9.17, 15) is 4.79 Å². The van der Waals surface area contributed by atoms with Gasteiger partial charge in [0.05, 0.1) is 13.2 Å². The summed E-state index contributed by atoms with van der Waals surface area (Å²) in [5.41, 5.74) is 0.648. The first kappa shape index (κ1) is 14.5. The maximum Gasteiger partial charge on any atom is 0.254 e. The number of aromatic nitrogens is 4. The van der Waals surface area contributed by atoms with E-state index in [4.69, 9.17) is 9.47 Å². The molecule has 2 aromatic rings. The molecule has 0 atom stereocenters. The van der Waals surface area contributed by atoms with Crippen LogP contribution in [0.3, 0.4) is 0 Å². The minimum Gasteiger partial charge on any atom is -0.486 e. The predicted molar refractivity (Wildman–Crippen MR) is 76.3 cm³/mol. The zero-order chi connectivity index (χ0) is 15.4. The molecule has 22 heavy (non-hydrogen) atoms. The molecule has 1 aromatic carbocycles. The summed E-state index contributed by atoms with van der Waals surface area (Å²) in [6.45, 7) is 2.74. The molecule has 8 nitrogen and oxygen atoms in total. The van der Waals surface area contributed by atoms with Gasteiger partial charge in [0.1, 0.15) is 12.4 Å². The Balaban J connectivity index is 1.60. The van der Waals surface area contributed by atoms with E-state index in [0.29, 0.717) is 43.4 Å². The molecule has 0 unspecified atom stereocenters. The summed E-state index contributed by atoms with van der Waals surface area (Å²) in [6.07, 6.45) is 0. The van der Waals surface area contributed by atoms with Crippen molar-refractivity contribution in [2.75, 3.05) is 26.3 Å². The van der Waals surface area contributed by atoms with Crippen LogP contribution < -0.4 is 4.74 Å². The first-order valence-electron chi connectivity index (χ1n) is 7.05. The Kier molecular flexibility index (Phi) is 4.29. The average Bonchev–Trinajstić information content (AvgIpc) is 2.99. The van der Waals surface area contributed by atoms with Gasteiger partial charge in [-0.1, -0.05) is 0 Å². The largest absolute Gasteiger partial charge is 0.486 e. The van der Waals surface area contributed by atoms with E-state index in [-0.39, 0.29) is 12.5 Å². The van der Waals surface area contributed by atoms with Crippen LogP contribution in [0.15, 0.2) is 24.3 Å². The third kappa shape index (κ3) is 3.22. The van der Waals surface area contributed by atoms with Crippen molar-refractivity contribution in [3.05, 3.63) is 35.7 Å². The highest BCUT2D eigenvalue weighted by molar-refractivity contribution is 5.94. The summed E-state index contributed by atoms with van der Waals surface area (Å²) in [6, 6.07) is 7.08. The first-order valence-corrected chi connectivity index (χ1v) is 7.05. The summed E-state index contributed by atoms with van der Waals surface area (Å²) in [7, 11) is 1.75. The number of benzene rings is 1. The van der Waals surface area contributed by atoms with E-state index in [2.05, 4.69) is 15.5 Å². The fourth-order valence-corrected chi connectivity index (χ4v) is 2.16. The highest BCUT2D eigenvalue weighted by Crippen LogP contribution is 2.15. The highest BCUT2D eigenvalue weighted by atomic mass is 16.5. The van der Waals surface area contributed by atoms with Gasteiger partial charge in [-0.2, -0.15) is 0 Å². The van der Waals surface area contributed by atoms with E-state index < -0.39 is 0 Å². The molecule has 1 amide bonds. The Morgan fingerprint density at radius 3 is 2.64 bits per heavy atom. The maximum atomic E-state index is 12.3. The average molecular weight is 303 g/mol. The molecule has 1 aliphatic heterocycles. The van der Waals surface area contributed by atoms with Gasteiger partial charge in [0.2, 0.25) is 0 Å². The third-order valence-electron chi connectivity index (χ3n) is 3.48. The molecule has 2 heterocycles. The Labute approximate surface area is 127 Å². The predicted octanol–water partition coefficient (Wildman–Crippen LogP) is 0.261. The first-order chi connectivity index (χ1) is 10.7. The Morgan fingerprint density at radius 1 is 1.27 bits per heavy atom. The number of tetrazole rings is 1. The van der Waals surface area contributed by atoms with Crippen LogP contribution in [-0.4, -0.2) is 57.3 Å². The maximum absolute atomic E-state index is 12.3. The fourth-order valence-electron chi connectivity index (χ4n) is 2.16. The van der Waals surface area contributed by atoms with E-state index in [0.717, 1.165) is 0 Å². The van der Waals surface area contributed by atoms with Crippen molar-refractivity contribution in [3.63, 3.8) is 0 Å². The minimum absolute atomic E-state index is 0.0207. The standard InChI is InChI=1S/C14H17N5O3/c1-18-13(15-16-17-18)10-22-12-4-2-11(3-5-12)14(20)19-6-8-21-9-7-19/h2-5H,6-10H2,1H3. The van der Waals surface area contributed by atoms with Crippen LogP contribution >= 0.6 is 0 Å². The van der Waals surface area contributed by atoms with Crippen LogP contribution in [0.25, 0.3) is 0 Å². The molecule has 0 spiro atoms. The quantitative estimate of drug-likeness (QED) is 0.806. The van der Waals surface area contributed by atoms with Gasteiger partial charge in [-0.25, -0.2) is 4.68 Å². The number of morpholine rings is 1. The molecule has 1 fully saturated rings. The van der Waals surface area contributed by atoms with Crippen LogP contribution in [-0.2, 0) is 18.4 Å². The van der Waals surface area contributed by atoms with Crippen LogP contribution in [0.2, 0.25) is 0 Å². The van der Waals surface area contributed by atoms with Crippen molar-refractivity contribution in [1.29, 1.82) is 0 Å². The molecular weight excluding hydrogens is 286 g/mol. The number of carbonyl (C=O) groups excluding carboxylic acids is 1. The lowest BCUT2D eigenvalue weighted by molar-refractivity contribution is 0.0303. The fraction of sp³-hybridized carbons (Fsp3) is 0.429. The normalized spacial score (nSPS) is 14.9. The summed E-state index contributed by atoms with van der Waals surface area (Å²) in [5, 5.41) is 11.1. The number of rotatable bonds is 4. The van der Waals surface area contributed by atoms with Gasteiger partial charge in [0.15, 0.2) is 5.82 Å². The van der Waals surface area contributed by atoms with Crippen molar-refractivity contribution in [3.8, 4) is 5.75 Å². The molecular formula is C14H17N5O3. The third-order valence-corrected chi connectivity index (χ3v) is 3.48. The zero-order valence-electron chi connectivity index (χ0n) is 12.3. The summed E-state index contributed by atoms with van der Waals surface area (Å²) >= 11 is 0. The Morgan fingerprint density at radius 2 is 2.00 bits per heavy atom. The van der Waals surface area contributed by atoms with Crippen LogP contribution in [0, 0.1) is 0 Å². The van der Waals surface area contributed by atoms with E-state index >= 15 is 0 Å². The van der Waals surface area contributed by atoms with Gasteiger partial charge in [0, 0.05) is 25.7 Å². The number of amides is 1. The summed E-state index contributed by atoms with van der Waals surface area (Å²) < 4.78 is 12.4. The van der Waals surface area contributed by atoms with Crippen molar-refractivity contribution >= 4 is 5.91 Å². The molecule has 116 valence electrons. The number of nitrogens with zero attached hydrogens (tertiary/aromatic N) is 5. The molecule has 0 radical (unpaired) electrons. The molecule has 1 aromatic heterocycles. The van der Waals surface area contributed by atoms with Gasteiger partial charge in [-0.05, 0) is 34.7 Å². The summed E-state index contributed by atoms with van der Waals surface area (Å²) in [5.74, 6) is 1.32. The molecule has 0 bridgehead atoms. The number of carbonyl (C=O) groups is 1. The molecule has 1 saturated heterocycles. The molecule has 8 heteroatoms. The Hall–Kier alpha value is -2.48. The molecule has 0 aliphatic carbocycles. The molecule has 0 N–H and O–H groups in total. The van der Waals surface area contributed by atoms with Gasteiger partial charge in [0.25, 0.3) is 5.91 Å². The van der Waals surface area contributed by atoms with E-state index in [1.807, 2.05) is 0 Å². The second-order valence-electron chi connectivity index (χ2n) is 4.94. The van der Waals surface area contributed by atoms with Gasteiger partial charge in [-0.15, -0.1) is 5.10 Å². The number of aryl methyl sites for hydroxylation is 1. The lowest BCUT2D eigenvalue weighted by Gasteiger charge is -2.26. The monoisotopic (exact) mass is 303 g/mol. The van der Waals surface area contributed by atoms with Crippen LogP contribution in [0.1, 0.15) is 16.2 Å². The van der Waals surface area contributed by atoms with Crippen LogP contribution in [0.5, 0.6) is 5.75 Å². The second-order valence-corrected chi connectivity index (χ2v) is 4.94. The lowest BCUT2D eigenvalue weighted by atomic mass is 10.2. The van der Waals surface area contributed by atoms with Crippen molar-refractivity contribution in [2.24, 2.45) is 7.05 Å². The number of ether oxygens (including phenoxy) is 2. The zero-order valence-corrected chi connectivity index (χ0v) is 12.3. The van der Waals surface area contributed by atoms with E-state index in [1.165, 1.54) is 0 Å². The van der Waals surface area contributed by atoms with Crippen molar-refractivity contribution in [2.45, 2.75) is 6.61 Å². The van der Waals surface area contributed by atoms with Gasteiger partial charge < -0.3 is 14.4 Å². The SMILES string of the molecule is Cn1nnnc1COc1ccc(C(=O)N2CCOCC2)cc1. The minimum atomic E-state index is 0.0207. The number of hydrogen-bond acceptors (Lipinski definition) is 6. The van der Waals surface area contributed by atoms with Crippen molar-refractivity contribution < 1.29 is 14.3 Å². The second kappa shape index (κ2) is 6.52. The van der Waals surface area contributed by atoms with Gasteiger partial charge >= 0.3 is 0 Å². The lowest BCUT2D eigenvalue weighted by Crippen LogP contribution is -2.40. The molecule has 1 aliphatic rings. The Bertz CT molecular complexity index is 634. The van der Waals surface area contributed by atoms with Crippen molar-refractivity contribution in [1.82, 2.24) is 25.1 Å². The smallest absolute Gasteiger partial charge is 0.254 e. The van der Waals surface area contributed by atoms with Gasteiger partial charge in [-0.3, -0.25) is 4.79 Å². The number of hydrogen-bond donors (Lipinski definition) is 0. The molecule has 0 saturated carbocycles. The summed E-state index contributed by atoms with van der Waals surface area (Å²) in [4.78, 5) is 14.1. The topological polar surface area (TPSA) is 82.4 Å².